The van der Waals surface area contributed by atoms with Gasteiger partial charge in [-0.05, 0) is 63.9 Å². The highest BCUT2D eigenvalue weighted by Crippen LogP contribution is 2.38. The van der Waals surface area contributed by atoms with Crippen LogP contribution in [0.15, 0.2) is 36.4 Å². The zero-order valence-electron chi connectivity index (χ0n) is 18.2. The van der Waals surface area contributed by atoms with Crippen LogP contribution in [0.4, 0.5) is 10.5 Å². The molecule has 0 saturated carbocycles. The maximum absolute atomic E-state index is 12.8. The number of amides is 2. The lowest BCUT2D eigenvalue weighted by Crippen LogP contribution is -2.39. The van der Waals surface area contributed by atoms with Gasteiger partial charge in [-0.3, -0.25) is 4.79 Å². The second kappa shape index (κ2) is 9.45. The fourth-order valence-corrected chi connectivity index (χ4v) is 3.94. The van der Waals surface area contributed by atoms with Crippen LogP contribution in [0.25, 0.3) is 11.3 Å². The van der Waals surface area contributed by atoms with E-state index in [1.807, 2.05) is 39.0 Å². The number of halogens is 2. The van der Waals surface area contributed by atoms with Gasteiger partial charge < -0.3 is 14.5 Å². The highest BCUT2D eigenvalue weighted by molar-refractivity contribution is 6.31. The molecule has 2 amide bonds. The lowest BCUT2D eigenvalue weighted by atomic mass is 10.1. The summed E-state index contributed by atoms with van der Waals surface area (Å²) in [5, 5.41) is 0.917. The maximum atomic E-state index is 12.8. The smallest absolute Gasteiger partial charge is 0.410 e. The van der Waals surface area contributed by atoms with Crippen LogP contribution in [-0.2, 0) is 9.53 Å². The molecule has 1 aliphatic rings. The van der Waals surface area contributed by atoms with Crippen molar-refractivity contribution >= 4 is 40.9 Å². The highest BCUT2D eigenvalue weighted by Gasteiger charge is 2.34. The van der Waals surface area contributed by atoms with Gasteiger partial charge in [0.25, 0.3) is 0 Å². The number of nitrogens with zero attached hydrogens (tertiary/aromatic N) is 3. The Morgan fingerprint density at radius 2 is 2.00 bits per heavy atom. The van der Waals surface area contributed by atoms with E-state index in [9.17, 15) is 9.59 Å². The predicted molar refractivity (Wildman–Crippen MR) is 124 cm³/mol. The van der Waals surface area contributed by atoms with Crippen LogP contribution >= 0.6 is 23.2 Å². The molecule has 1 atom stereocenters. The number of hydrogen-bond acceptors (Lipinski definition) is 4. The Labute approximate surface area is 193 Å². The fraction of sp³-hybridized carbons (Fsp3) is 0.435. The third-order valence-corrected chi connectivity index (χ3v) is 5.48. The summed E-state index contributed by atoms with van der Waals surface area (Å²) in [4.78, 5) is 32.9. The quantitative estimate of drug-likeness (QED) is 0.524. The van der Waals surface area contributed by atoms with Crippen LogP contribution < -0.4 is 4.90 Å². The average Bonchev–Trinajstić information content (AvgIpc) is 3.05. The Kier molecular flexibility index (Phi) is 7.12. The first-order valence-electron chi connectivity index (χ1n) is 10.2. The van der Waals surface area contributed by atoms with Crippen molar-refractivity contribution < 1.29 is 14.3 Å². The van der Waals surface area contributed by atoms with Crippen molar-refractivity contribution in [1.82, 2.24) is 9.88 Å². The molecule has 2 aromatic rings. The van der Waals surface area contributed by atoms with Crippen LogP contribution in [0.2, 0.25) is 10.2 Å². The molecule has 31 heavy (non-hydrogen) atoms. The molecular formula is C23H27Cl2N3O3. The number of benzene rings is 1. The molecule has 1 saturated heterocycles. The first kappa shape index (κ1) is 23.4. The predicted octanol–water partition coefficient (Wildman–Crippen LogP) is 5.81. The normalized spacial score (nSPS) is 16.5. The van der Waals surface area contributed by atoms with E-state index in [-0.39, 0.29) is 18.0 Å². The van der Waals surface area contributed by atoms with Crippen LogP contribution in [0.5, 0.6) is 0 Å². The van der Waals surface area contributed by atoms with Crippen molar-refractivity contribution in [3.05, 3.63) is 46.6 Å². The van der Waals surface area contributed by atoms with E-state index >= 15 is 0 Å². The van der Waals surface area contributed by atoms with Gasteiger partial charge in [0, 0.05) is 36.6 Å². The second-order valence-electron chi connectivity index (χ2n) is 8.65. The second-order valence-corrected chi connectivity index (χ2v) is 9.48. The summed E-state index contributed by atoms with van der Waals surface area (Å²) >= 11 is 12.3. The number of anilines is 1. The van der Waals surface area contributed by atoms with Crippen LogP contribution in [0.1, 0.15) is 40.0 Å². The molecule has 1 aromatic heterocycles. The summed E-state index contributed by atoms with van der Waals surface area (Å²) in [7, 11) is 1.71. The Morgan fingerprint density at radius 3 is 2.68 bits per heavy atom. The molecule has 3 rings (SSSR count). The van der Waals surface area contributed by atoms with E-state index in [2.05, 4.69) is 4.98 Å². The van der Waals surface area contributed by atoms with Crippen molar-refractivity contribution in [3.63, 3.8) is 0 Å². The molecule has 8 heteroatoms. The molecular weight excluding hydrogens is 437 g/mol. The molecule has 2 heterocycles. The molecule has 1 fully saturated rings. The SMILES string of the molecule is CN(CCC1CCC(=O)N1c1ccc(Cl)cc1-c1cccc(Cl)n1)C(=O)OC(C)(C)C. The van der Waals surface area contributed by atoms with Gasteiger partial charge in [0.1, 0.15) is 10.8 Å². The van der Waals surface area contributed by atoms with Gasteiger partial charge in [-0.2, -0.15) is 0 Å². The Hall–Kier alpha value is -2.31. The molecule has 1 aliphatic heterocycles. The van der Waals surface area contributed by atoms with Crippen LogP contribution in [-0.4, -0.2) is 47.1 Å². The van der Waals surface area contributed by atoms with E-state index in [1.165, 1.54) is 0 Å². The largest absolute Gasteiger partial charge is 0.444 e. The Morgan fingerprint density at radius 1 is 1.26 bits per heavy atom. The van der Waals surface area contributed by atoms with Crippen LogP contribution in [0, 0.1) is 0 Å². The molecule has 6 nitrogen and oxygen atoms in total. The summed E-state index contributed by atoms with van der Waals surface area (Å²) in [6.45, 7) is 5.98. The zero-order chi connectivity index (χ0) is 22.8. The van der Waals surface area contributed by atoms with Crippen molar-refractivity contribution in [2.75, 3.05) is 18.5 Å². The molecule has 166 valence electrons. The standard InChI is InChI=1S/C23H27Cl2N3O3/c1-23(2,3)31-22(30)27(4)13-12-16-9-11-21(29)28(16)19-10-8-15(24)14-17(19)18-6-5-7-20(25)26-18/h5-8,10,14,16H,9,11-13H2,1-4H3. The molecule has 0 radical (unpaired) electrons. The van der Waals surface area contributed by atoms with Gasteiger partial charge >= 0.3 is 6.09 Å². The zero-order valence-corrected chi connectivity index (χ0v) is 19.7. The van der Waals surface area contributed by atoms with E-state index < -0.39 is 5.60 Å². The average molecular weight is 464 g/mol. The maximum Gasteiger partial charge on any atom is 0.410 e. The summed E-state index contributed by atoms with van der Waals surface area (Å²) < 4.78 is 5.42. The van der Waals surface area contributed by atoms with Gasteiger partial charge in [0.15, 0.2) is 0 Å². The highest BCUT2D eigenvalue weighted by atomic mass is 35.5. The molecule has 0 spiro atoms. The number of aromatic nitrogens is 1. The van der Waals surface area contributed by atoms with Crippen molar-refractivity contribution in [3.8, 4) is 11.3 Å². The van der Waals surface area contributed by atoms with Gasteiger partial charge in [-0.1, -0.05) is 29.3 Å². The third-order valence-electron chi connectivity index (χ3n) is 5.04. The first-order valence-corrected chi connectivity index (χ1v) is 11.0. The van der Waals surface area contributed by atoms with Gasteiger partial charge in [-0.15, -0.1) is 0 Å². The number of ether oxygens (including phenoxy) is 1. The topological polar surface area (TPSA) is 62.7 Å². The number of pyridine rings is 1. The molecule has 1 aromatic carbocycles. The minimum Gasteiger partial charge on any atom is -0.444 e. The number of carbonyl (C=O) groups excluding carboxylic acids is 2. The molecule has 0 aliphatic carbocycles. The van der Waals surface area contributed by atoms with Gasteiger partial charge in [0.2, 0.25) is 5.91 Å². The van der Waals surface area contributed by atoms with Crippen LogP contribution in [0.3, 0.4) is 0 Å². The van der Waals surface area contributed by atoms with E-state index in [4.69, 9.17) is 27.9 Å². The van der Waals surface area contributed by atoms with Crippen molar-refractivity contribution in [2.45, 2.75) is 51.7 Å². The number of rotatable bonds is 5. The summed E-state index contributed by atoms with van der Waals surface area (Å²) in [5.74, 6) is 0.0375. The monoisotopic (exact) mass is 463 g/mol. The molecule has 1 unspecified atom stereocenters. The van der Waals surface area contributed by atoms with Gasteiger partial charge in [-0.25, -0.2) is 9.78 Å². The summed E-state index contributed by atoms with van der Waals surface area (Å²) in [6, 6.07) is 10.7. The van der Waals surface area contributed by atoms with E-state index in [0.29, 0.717) is 41.7 Å². The number of hydrogen-bond donors (Lipinski definition) is 0. The van der Waals surface area contributed by atoms with E-state index in [1.54, 1.807) is 35.0 Å². The van der Waals surface area contributed by atoms with Crippen molar-refractivity contribution in [1.29, 1.82) is 0 Å². The summed E-state index contributed by atoms with van der Waals surface area (Å²) in [5.41, 5.74) is 1.58. The molecule has 0 bridgehead atoms. The molecule has 0 N–H and O–H groups in total. The first-order chi connectivity index (χ1) is 14.5. The van der Waals surface area contributed by atoms with Crippen molar-refractivity contribution in [2.24, 2.45) is 0 Å². The van der Waals surface area contributed by atoms with E-state index in [0.717, 1.165) is 11.3 Å². The third kappa shape index (κ3) is 5.89. The Bertz CT molecular complexity index is 975. The fourth-order valence-electron chi connectivity index (χ4n) is 3.60. The Balaban J connectivity index is 1.83. The minimum absolute atomic E-state index is 0.0375. The summed E-state index contributed by atoms with van der Waals surface area (Å²) in [6.07, 6.45) is 1.42. The number of carbonyl (C=O) groups is 2. The minimum atomic E-state index is -0.553. The van der Waals surface area contributed by atoms with Gasteiger partial charge in [0.05, 0.1) is 11.4 Å². The lowest BCUT2D eigenvalue weighted by Gasteiger charge is -2.29. The lowest BCUT2D eigenvalue weighted by molar-refractivity contribution is -0.117.